The Balaban J connectivity index is 3.64. The van der Waals surface area contributed by atoms with Crippen LogP contribution >= 0.6 is 0 Å². The van der Waals surface area contributed by atoms with E-state index in [-0.39, 0.29) is 11.4 Å². The van der Waals surface area contributed by atoms with Gasteiger partial charge >= 0.3 is 6.03 Å². The first-order valence-electron chi connectivity index (χ1n) is 6.24. The molecule has 0 unspecified atom stereocenters. The molecule has 0 heterocycles. The van der Waals surface area contributed by atoms with Gasteiger partial charge in [0.2, 0.25) is 0 Å². The summed E-state index contributed by atoms with van der Waals surface area (Å²) in [5.74, 6) is 0. The highest BCUT2D eigenvalue weighted by Gasteiger charge is 2.17. The van der Waals surface area contributed by atoms with Crippen molar-refractivity contribution in [3.8, 4) is 0 Å². The number of carbonyl (C=O) groups is 1. The maximum absolute atomic E-state index is 11.4. The molecule has 0 aliphatic heterocycles. The highest BCUT2D eigenvalue weighted by molar-refractivity contribution is 5.73. The number of amides is 2. The first-order chi connectivity index (χ1) is 7.52. The number of nitrogens with one attached hydrogen (secondary N) is 3. The van der Waals surface area contributed by atoms with E-state index in [0.717, 1.165) is 32.5 Å². The van der Waals surface area contributed by atoms with Crippen LogP contribution in [0.4, 0.5) is 4.79 Å². The Morgan fingerprint density at radius 3 is 2.38 bits per heavy atom. The molecule has 16 heavy (non-hydrogen) atoms. The van der Waals surface area contributed by atoms with Gasteiger partial charge in [0.1, 0.15) is 0 Å². The van der Waals surface area contributed by atoms with Crippen LogP contribution in [0.2, 0.25) is 0 Å². The molecular formula is C12H27N3O. The third-order valence-corrected chi connectivity index (χ3v) is 2.40. The quantitative estimate of drug-likeness (QED) is 0.555. The summed E-state index contributed by atoms with van der Waals surface area (Å²) in [6.45, 7) is 11.8. The predicted octanol–water partition coefficient (Wildman–Crippen LogP) is 1.72. The molecule has 2 amide bonds. The Kier molecular flexibility index (Phi) is 7.99. The first kappa shape index (κ1) is 15.2. The van der Waals surface area contributed by atoms with Crippen LogP contribution in [-0.4, -0.2) is 32.2 Å². The van der Waals surface area contributed by atoms with E-state index in [9.17, 15) is 4.79 Å². The van der Waals surface area contributed by atoms with E-state index in [1.165, 1.54) is 0 Å². The van der Waals surface area contributed by atoms with Crippen molar-refractivity contribution in [3.63, 3.8) is 0 Å². The van der Waals surface area contributed by atoms with Gasteiger partial charge in [0.25, 0.3) is 0 Å². The zero-order valence-corrected chi connectivity index (χ0v) is 11.2. The van der Waals surface area contributed by atoms with Gasteiger partial charge in [0.05, 0.1) is 0 Å². The topological polar surface area (TPSA) is 53.2 Å². The second-order valence-corrected chi connectivity index (χ2v) is 4.91. The lowest BCUT2D eigenvalue weighted by molar-refractivity contribution is 0.233. The molecule has 0 fully saturated rings. The molecule has 0 aromatic heterocycles. The molecule has 0 radical (unpaired) electrons. The molecule has 0 aromatic carbocycles. The number of hydrogen-bond donors (Lipinski definition) is 3. The van der Waals surface area contributed by atoms with E-state index < -0.39 is 0 Å². The van der Waals surface area contributed by atoms with Crippen LogP contribution in [0, 0.1) is 5.41 Å². The number of hydrogen-bond acceptors (Lipinski definition) is 2. The summed E-state index contributed by atoms with van der Waals surface area (Å²) < 4.78 is 0. The summed E-state index contributed by atoms with van der Waals surface area (Å²) in [4.78, 5) is 11.4. The van der Waals surface area contributed by atoms with Crippen LogP contribution in [0.25, 0.3) is 0 Å². The molecule has 96 valence electrons. The fraction of sp³-hybridized carbons (Fsp3) is 0.917. The van der Waals surface area contributed by atoms with Gasteiger partial charge in [0, 0.05) is 19.6 Å². The lowest BCUT2D eigenvalue weighted by atomic mass is 9.93. The van der Waals surface area contributed by atoms with Crippen molar-refractivity contribution in [1.29, 1.82) is 0 Å². The molecule has 0 saturated carbocycles. The standard InChI is InChI=1S/C12H27N3O/c1-5-7-8-14-11(16)15-10-12(3,4)9-13-6-2/h13H,5-10H2,1-4H3,(H2,14,15,16). The van der Waals surface area contributed by atoms with E-state index in [1.54, 1.807) is 0 Å². The highest BCUT2D eigenvalue weighted by Crippen LogP contribution is 2.11. The monoisotopic (exact) mass is 229 g/mol. The zero-order valence-electron chi connectivity index (χ0n) is 11.2. The molecular weight excluding hydrogens is 202 g/mol. The Hall–Kier alpha value is -0.770. The van der Waals surface area contributed by atoms with Crippen molar-refractivity contribution in [1.82, 2.24) is 16.0 Å². The van der Waals surface area contributed by atoms with Gasteiger partial charge in [0.15, 0.2) is 0 Å². The largest absolute Gasteiger partial charge is 0.338 e. The number of carbonyl (C=O) groups excluding carboxylic acids is 1. The highest BCUT2D eigenvalue weighted by atomic mass is 16.2. The van der Waals surface area contributed by atoms with Crippen molar-refractivity contribution in [2.45, 2.75) is 40.5 Å². The fourth-order valence-corrected chi connectivity index (χ4v) is 1.29. The molecule has 3 N–H and O–H groups in total. The normalized spacial score (nSPS) is 11.2. The van der Waals surface area contributed by atoms with Gasteiger partial charge in [-0.2, -0.15) is 0 Å². The Morgan fingerprint density at radius 1 is 1.12 bits per heavy atom. The molecule has 0 aromatic rings. The van der Waals surface area contributed by atoms with Crippen LogP contribution in [0.3, 0.4) is 0 Å². The van der Waals surface area contributed by atoms with Gasteiger partial charge in [-0.15, -0.1) is 0 Å². The minimum absolute atomic E-state index is 0.0574. The van der Waals surface area contributed by atoms with Crippen LogP contribution in [-0.2, 0) is 0 Å². The average molecular weight is 229 g/mol. The van der Waals surface area contributed by atoms with Gasteiger partial charge < -0.3 is 16.0 Å². The molecule has 0 saturated heterocycles. The predicted molar refractivity (Wildman–Crippen MR) is 68.6 cm³/mol. The maximum Gasteiger partial charge on any atom is 0.314 e. The van der Waals surface area contributed by atoms with E-state index in [1.807, 2.05) is 0 Å². The summed E-state index contributed by atoms with van der Waals surface area (Å²) in [5, 5.41) is 9.04. The van der Waals surface area contributed by atoms with Crippen molar-refractivity contribution in [2.24, 2.45) is 5.41 Å². The minimum atomic E-state index is -0.0574. The summed E-state index contributed by atoms with van der Waals surface area (Å²) in [7, 11) is 0. The van der Waals surface area contributed by atoms with Gasteiger partial charge in [-0.05, 0) is 18.4 Å². The van der Waals surface area contributed by atoms with E-state index in [4.69, 9.17) is 0 Å². The van der Waals surface area contributed by atoms with Crippen LogP contribution in [0.5, 0.6) is 0 Å². The summed E-state index contributed by atoms with van der Waals surface area (Å²) >= 11 is 0. The van der Waals surface area contributed by atoms with Gasteiger partial charge in [-0.25, -0.2) is 4.79 Å². The third kappa shape index (κ3) is 8.53. The van der Waals surface area contributed by atoms with Crippen LogP contribution in [0.1, 0.15) is 40.5 Å². The summed E-state index contributed by atoms with van der Waals surface area (Å²) in [6, 6.07) is -0.0574. The molecule has 0 spiro atoms. The molecule has 0 bridgehead atoms. The summed E-state index contributed by atoms with van der Waals surface area (Å²) in [6.07, 6.45) is 2.14. The summed E-state index contributed by atoms with van der Waals surface area (Å²) in [5.41, 5.74) is 0.0953. The fourth-order valence-electron chi connectivity index (χ4n) is 1.29. The third-order valence-electron chi connectivity index (χ3n) is 2.40. The molecule has 0 atom stereocenters. The van der Waals surface area contributed by atoms with E-state index in [0.29, 0.717) is 6.54 Å². The maximum atomic E-state index is 11.4. The lowest BCUT2D eigenvalue weighted by Gasteiger charge is -2.25. The molecule has 0 rings (SSSR count). The smallest absolute Gasteiger partial charge is 0.314 e. The van der Waals surface area contributed by atoms with Crippen molar-refractivity contribution in [3.05, 3.63) is 0 Å². The van der Waals surface area contributed by atoms with Crippen molar-refractivity contribution in [2.75, 3.05) is 26.2 Å². The Labute approximate surface area is 99.6 Å². The first-order valence-corrected chi connectivity index (χ1v) is 6.24. The van der Waals surface area contributed by atoms with Gasteiger partial charge in [-0.3, -0.25) is 0 Å². The van der Waals surface area contributed by atoms with E-state index >= 15 is 0 Å². The van der Waals surface area contributed by atoms with Crippen molar-refractivity contribution < 1.29 is 4.79 Å². The zero-order chi connectivity index (χ0) is 12.4. The van der Waals surface area contributed by atoms with Gasteiger partial charge in [-0.1, -0.05) is 34.1 Å². The minimum Gasteiger partial charge on any atom is -0.338 e. The Morgan fingerprint density at radius 2 is 1.81 bits per heavy atom. The molecule has 0 aliphatic carbocycles. The van der Waals surface area contributed by atoms with Crippen molar-refractivity contribution >= 4 is 6.03 Å². The molecule has 0 aliphatic rings. The number of unbranched alkanes of at least 4 members (excludes halogenated alkanes) is 1. The Bertz CT molecular complexity index is 193. The average Bonchev–Trinajstić information content (AvgIpc) is 2.24. The van der Waals surface area contributed by atoms with Crippen LogP contribution in [0.15, 0.2) is 0 Å². The molecule has 4 nitrogen and oxygen atoms in total. The lowest BCUT2D eigenvalue weighted by Crippen LogP contribution is -2.44. The SMILES string of the molecule is CCCCNC(=O)NCC(C)(C)CNCC. The number of rotatable bonds is 8. The molecule has 4 heteroatoms. The number of urea groups is 1. The van der Waals surface area contributed by atoms with E-state index in [2.05, 4.69) is 43.6 Å². The van der Waals surface area contributed by atoms with Crippen LogP contribution < -0.4 is 16.0 Å². The second kappa shape index (κ2) is 8.39. The second-order valence-electron chi connectivity index (χ2n) is 4.91.